The highest BCUT2D eigenvalue weighted by molar-refractivity contribution is 5.63. The monoisotopic (exact) mass is 255 g/mol. The van der Waals surface area contributed by atoms with E-state index in [1.54, 1.807) is 6.33 Å². The van der Waals surface area contributed by atoms with Crippen molar-refractivity contribution >= 4 is 0 Å². The van der Waals surface area contributed by atoms with Crippen molar-refractivity contribution < 1.29 is 4.74 Å². The Hall–Kier alpha value is -1.78. The van der Waals surface area contributed by atoms with Crippen LogP contribution < -0.4 is 5.32 Å². The number of fused-ring (bicyclic) bond motifs is 1. The summed E-state index contributed by atoms with van der Waals surface area (Å²) in [4.78, 5) is 8.15. The third kappa shape index (κ3) is 2.50. The molecule has 4 nitrogen and oxygen atoms in total. The van der Waals surface area contributed by atoms with Crippen LogP contribution in [0.2, 0.25) is 0 Å². The van der Waals surface area contributed by atoms with Gasteiger partial charge < -0.3 is 10.1 Å². The fourth-order valence-electron chi connectivity index (χ4n) is 2.51. The lowest BCUT2D eigenvalue weighted by molar-refractivity contribution is 0.0439. The van der Waals surface area contributed by atoms with E-state index in [0.717, 1.165) is 30.7 Å². The van der Waals surface area contributed by atoms with Crippen LogP contribution in [-0.4, -0.2) is 30.2 Å². The Balaban J connectivity index is 2.00. The maximum atomic E-state index is 5.84. The Kier molecular flexibility index (Phi) is 3.53. The van der Waals surface area contributed by atoms with E-state index < -0.39 is 0 Å². The van der Waals surface area contributed by atoms with E-state index in [1.165, 1.54) is 11.1 Å². The Morgan fingerprint density at radius 2 is 2.11 bits per heavy atom. The fourth-order valence-corrected chi connectivity index (χ4v) is 2.51. The van der Waals surface area contributed by atoms with Crippen molar-refractivity contribution in [1.82, 2.24) is 15.3 Å². The van der Waals surface area contributed by atoms with Gasteiger partial charge in [0.05, 0.1) is 12.7 Å². The van der Waals surface area contributed by atoms with E-state index in [2.05, 4.69) is 33.5 Å². The van der Waals surface area contributed by atoms with Crippen molar-refractivity contribution in [3.63, 3.8) is 0 Å². The van der Waals surface area contributed by atoms with Crippen LogP contribution >= 0.6 is 0 Å². The second-order valence-corrected chi connectivity index (χ2v) is 4.71. The average Bonchev–Trinajstić information content (AvgIpc) is 2.48. The third-order valence-corrected chi connectivity index (χ3v) is 3.47. The largest absolute Gasteiger partial charge is 0.372 e. The van der Waals surface area contributed by atoms with Crippen LogP contribution in [0.15, 0.2) is 36.9 Å². The van der Waals surface area contributed by atoms with Gasteiger partial charge in [0, 0.05) is 24.5 Å². The van der Waals surface area contributed by atoms with Crippen molar-refractivity contribution in [2.45, 2.75) is 12.5 Å². The topological polar surface area (TPSA) is 47.0 Å². The van der Waals surface area contributed by atoms with Gasteiger partial charge in [-0.05, 0) is 36.2 Å². The zero-order chi connectivity index (χ0) is 13.1. The number of aromatic nitrogens is 2. The molecule has 4 heteroatoms. The van der Waals surface area contributed by atoms with Crippen molar-refractivity contribution in [1.29, 1.82) is 0 Å². The minimum Gasteiger partial charge on any atom is -0.372 e. The number of ether oxygens (including phenoxy) is 1. The number of nitrogens with zero attached hydrogens (tertiary/aromatic N) is 2. The zero-order valence-corrected chi connectivity index (χ0v) is 11.0. The third-order valence-electron chi connectivity index (χ3n) is 3.47. The summed E-state index contributed by atoms with van der Waals surface area (Å²) in [5.41, 5.74) is 4.85. The van der Waals surface area contributed by atoms with Gasteiger partial charge in [-0.3, -0.25) is 0 Å². The molecule has 98 valence electrons. The molecule has 19 heavy (non-hydrogen) atoms. The number of nitrogens with one attached hydrogen (secondary N) is 1. The molecule has 0 fully saturated rings. The summed E-state index contributed by atoms with van der Waals surface area (Å²) in [5.74, 6) is 0. The molecular formula is C15H17N3O. The standard InChI is InChI=1S/C15H17N3O/c1-16-9-15-14-6-12(13-7-17-10-18-8-13)3-2-11(14)4-5-19-15/h2-3,6-8,10,15-16H,4-5,9H2,1H3. The molecule has 1 unspecified atom stereocenters. The molecule has 2 aromatic rings. The molecule has 1 aromatic heterocycles. The van der Waals surface area contributed by atoms with Crippen molar-refractivity contribution in [3.05, 3.63) is 48.0 Å². The maximum absolute atomic E-state index is 5.84. The molecule has 0 amide bonds. The van der Waals surface area contributed by atoms with E-state index in [1.807, 2.05) is 19.4 Å². The second-order valence-electron chi connectivity index (χ2n) is 4.71. The Bertz CT molecular complexity index is 557. The van der Waals surface area contributed by atoms with E-state index in [-0.39, 0.29) is 6.10 Å². The molecule has 0 aliphatic carbocycles. The van der Waals surface area contributed by atoms with Crippen LogP contribution in [0.5, 0.6) is 0 Å². The number of hydrogen-bond donors (Lipinski definition) is 1. The average molecular weight is 255 g/mol. The molecule has 1 aliphatic rings. The molecule has 1 N–H and O–H groups in total. The molecular weight excluding hydrogens is 238 g/mol. The van der Waals surface area contributed by atoms with Gasteiger partial charge in [-0.15, -0.1) is 0 Å². The van der Waals surface area contributed by atoms with Gasteiger partial charge >= 0.3 is 0 Å². The highest BCUT2D eigenvalue weighted by Crippen LogP contribution is 2.30. The summed E-state index contributed by atoms with van der Waals surface area (Å²) in [7, 11) is 1.95. The lowest BCUT2D eigenvalue weighted by Crippen LogP contribution is -2.25. The summed E-state index contributed by atoms with van der Waals surface area (Å²) >= 11 is 0. The lowest BCUT2D eigenvalue weighted by Gasteiger charge is -2.26. The van der Waals surface area contributed by atoms with Crippen LogP contribution in [0, 0.1) is 0 Å². The molecule has 1 atom stereocenters. The summed E-state index contributed by atoms with van der Waals surface area (Å²) < 4.78 is 5.84. The van der Waals surface area contributed by atoms with E-state index in [0.29, 0.717) is 0 Å². The highest BCUT2D eigenvalue weighted by atomic mass is 16.5. The molecule has 3 rings (SSSR count). The first-order valence-corrected chi connectivity index (χ1v) is 6.53. The van der Waals surface area contributed by atoms with E-state index >= 15 is 0 Å². The zero-order valence-electron chi connectivity index (χ0n) is 11.0. The summed E-state index contributed by atoms with van der Waals surface area (Å²) in [6.45, 7) is 1.63. The number of hydrogen-bond acceptors (Lipinski definition) is 4. The predicted molar refractivity (Wildman–Crippen MR) is 73.8 cm³/mol. The Labute approximate surface area is 112 Å². The number of benzene rings is 1. The van der Waals surface area contributed by atoms with Crippen molar-refractivity contribution in [2.75, 3.05) is 20.2 Å². The van der Waals surface area contributed by atoms with Gasteiger partial charge in [-0.1, -0.05) is 12.1 Å². The van der Waals surface area contributed by atoms with Gasteiger partial charge in [0.2, 0.25) is 0 Å². The summed E-state index contributed by atoms with van der Waals surface area (Å²) in [6.07, 6.45) is 6.35. The van der Waals surface area contributed by atoms with Crippen LogP contribution in [-0.2, 0) is 11.2 Å². The number of likely N-dealkylation sites (N-methyl/N-ethyl adjacent to an activating group) is 1. The molecule has 2 heterocycles. The van der Waals surface area contributed by atoms with Crippen LogP contribution in [0.1, 0.15) is 17.2 Å². The molecule has 0 saturated heterocycles. The van der Waals surface area contributed by atoms with Crippen LogP contribution in [0.25, 0.3) is 11.1 Å². The van der Waals surface area contributed by atoms with Crippen molar-refractivity contribution in [3.8, 4) is 11.1 Å². The van der Waals surface area contributed by atoms with Crippen LogP contribution in [0.3, 0.4) is 0 Å². The second kappa shape index (κ2) is 5.47. The first-order valence-electron chi connectivity index (χ1n) is 6.53. The minimum atomic E-state index is 0.137. The van der Waals surface area contributed by atoms with Gasteiger partial charge in [-0.2, -0.15) is 0 Å². The molecule has 0 bridgehead atoms. The molecule has 1 aromatic carbocycles. The fraction of sp³-hybridized carbons (Fsp3) is 0.333. The Morgan fingerprint density at radius 3 is 2.89 bits per heavy atom. The van der Waals surface area contributed by atoms with Gasteiger partial charge in [0.25, 0.3) is 0 Å². The highest BCUT2D eigenvalue weighted by Gasteiger charge is 2.20. The number of rotatable bonds is 3. The lowest BCUT2D eigenvalue weighted by atomic mass is 9.93. The minimum absolute atomic E-state index is 0.137. The van der Waals surface area contributed by atoms with E-state index in [9.17, 15) is 0 Å². The molecule has 0 saturated carbocycles. The predicted octanol–water partition coefficient (Wildman–Crippen LogP) is 1.98. The summed E-state index contributed by atoms with van der Waals surface area (Å²) in [5, 5.41) is 3.19. The van der Waals surface area contributed by atoms with Crippen molar-refractivity contribution in [2.24, 2.45) is 0 Å². The van der Waals surface area contributed by atoms with E-state index in [4.69, 9.17) is 4.74 Å². The van der Waals surface area contributed by atoms with Crippen LogP contribution in [0.4, 0.5) is 0 Å². The first kappa shape index (κ1) is 12.3. The summed E-state index contributed by atoms with van der Waals surface area (Å²) in [6, 6.07) is 6.54. The maximum Gasteiger partial charge on any atom is 0.115 e. The molecule has 0 spiro atoms. The molecule has 0 radical (unpaired) electrons. The smallest absolute Gasteiger partial charge is 0.115 e. The van der Waals surface area contributed by atoms with Gasteiger partial charge in [0.15, 0.2) is 0 Å². The first-order chi connectivity index (χ1) is 9.38. The van der Waals surface area contributed by atoms with Gasteiger partial charge in [-0.25, -0.2) is 9.97 Å². The SMILES string of the molecule is CNCC1OCCc2ccc(-c3cncnc3)cc21. The quantitative estimate of drug-likeness (QED) is 0.911. The Morgan fingerprint density at radius 1 is 1.26 bits per heavy atom. The molecule has 1 aliphatic heterocycles. The van der Waals surface area contributed by atoms with Gasteiger partial charge in [0.1, 0.15) is 6.33 Å². The normalized spacial score (nSPS) is 18.1.